The standard InChI is InChI=1S/C25H30N4O5S.C2H4O2/c1-25(2,3)34-23(30)18-22(28-35(32,33)20-12-8-5-9-13-20)29(17-14-21-26-15-16-27-21)24(31)19-10-6-4-7-11-19;1-2(3)4/h4-13,15-16,22,28H,14,17-18H2,1-3H3,(H,26,27);1H3,(H,3,4)/t22-;/m1./s1. The van der Waals surface area contributed by atoms with Crippen molar-refractivity contribution >= 4 is 27.9 Å². The molecule has 0 aliphatic carbocycles. The molecule has 1 amide bonds. The number of carbonyl (C=O) groups excluding carboxylic acids is 2. The van der Waals surface area contributed by atoms with Crippen molar-refractivity contribution in [1.29, 1.82) is 0 Å². The highest BCUT2D eigenvalue weighted by atomic mass is 32.2. The third-order valence-corrected chi connectivity index (χ3v) is 6.40. The van der Waals surface area contributed by atoms with Crippen molar-refractivity contribution in [3.8, 4) is 0 Å². The number of sulfonamides is 1. The molecule has 3 N–H and O–H groups in total. The lowest BCUT2D eigenvalue weighted by Gasteiger charge is -2.32. The number of carboxylic acid groups (broad SMARTS) is 1. The Bertz CT molecular complexity index is 1300. The summed E-state index contributed by atoms with van der Waals surface area (Å²) >= 11 is 0. The van der Waals surface area contributed by atoms with Gasteiger partial charge in [0.05, 0.1) is 11.3 Å². The van der Waals surface area contributed by atoms with Gasteiger partial charge in [0.25, 0.3) is 11.9 Å². The molecule has 0 aliphatic heterocycles. The van der Waals surface area contributed by atoms with Crippen LogP contribution in [0.5, 0.6) is 0 Å². The first-order chi connectivity index (χ1) is 18.3. The summed E-state index contributed by atoms with van der Waals surface area (Å²) in [7, 11) is -4.06. The van der Waals surface area contributed by atoms with Gasteiger partial charge in [0, 0.05) is 37.8 Å². The van der Waals surface area contributed by atoms with Gasteiger partial charge in [0.15, 0.2) is 0 Å². The number of aliphatic carboxylic acids is 1. The van der Waals surface area contributed by atoms with E-state index >= 15 is 0 Å². The minimum Gasteiger partial charge on any atom is -0.481 e. The molecular weight excluding hydrogens is 524 g/mol. The van der Waals surface area contributed by atoms with E-state index in [-0.39, 0.29) is 17.9 Å². The van der Waals surface area contributed by atoms with Crippen molar-refractivity contribution < 1.29 is 32.6 Å². The topological polar surface area (TPSA) is 159 Å². The van der Waals surface area contributed by atoms with Crippen LogP contribution in [0.3, 0.4) is 0 Å². The number of hydrogen-bond donors (Lipinski definition) is 3. The van der Waals surface area contributed by atoms with Gasteiger partial charge in [-0.05, 0) is 45.0 Å². The van der Waals surface area contributed by atoms with Gasteiger partial charge in [-0.1, -0.05) is 36.4 Å². The Balaban J connectivity index is 0.00000124. The number of benzene rings is 2. The number of carboxylic acids is 1. The summed E-state index contributed by atoms with van der Waals surface area (Å²) in [5.74, 6) is -1.28. The molecule has 0 radical (unpaired) electrons. The fraction of sp³-hybridized carbons (Fsp3) is 0.333. The Labute approximate surface area is 228 Å². The molecule has 11 nitrogen and oxygen atoms in total. The number of nitrogens with one attached hydrogen (secondary N) is 2. The summed E-state index contributed by atoms with van der Waals surface area (Å²) in [4.78, 5) is 43.8. The lowest BCUT2D eigenvalue weighted by molar-refractivity contribution is -0.156. The lowest BCUT2D eigenvalue weighted by atomic mass is 10.1. The molecule has 0 unspecified atom stereocenters. The summed E-state index contributed by atoms with van der Waals surface area (Å²) < 4.78 is 34.4. The number of rotatable bonds is 10. The molecule has 3 rings (SSSR count). The third kappa shape index (κ3) is 11.1. The van der Waals surface area contributed by atoms with Gasteiger partial charge in [-0.25, -0.2) is 13.4 Å². The maximum atomic E-state index is 13.5. The molecule has 1 heterocycles. The zero-order valence-electron chi connectivity index (χ0n) is 22.3. The molecule has 2 aromatic carbocycles. The van der Waals surface area contributed by atoms with Crippen molar-refractivity contribution in [3.05, 3.63) is 84.4 Å². The highest BCUT2D eigenvalue weighted by Crippen LogP contribution is 2.17. The van der Waals surface area contributed by atoms with E-state index in [9.17, 15) is 18.0 Å². The van der Waals surface area contributed by atoms with Crippen molar-refractivity contribution in [1.82, 2.24) is 19.6 Å². The van der Waals surface area contributed by atoms with Crippen LogP contribution in [0.4, 0.5) is 0 Å². The van der Waals surface area contributed by atoms with Crippen LogP contribution in [-0.4, -0.2) is 64.5 Å². The Hall–Kier alpha value is -4.03. The van der Waals surface area contributed by atoms with E-state index in [4.69, 9.17) is 14.6 Å². The van der Waals surface area contributed by atoms with Crippen LogP contribution in [0.2, 0.25) is 0 Å². The van der Waals surface area contributed by atoms with Gasteiger partial charge < -0.3 is 19.7 Å². The van der Waals surface area contributed by atoms with Crippen LogP contribution >= 0.6 is 0 Å². The molecule has 210 valence electrons. The zero-order valence-corrected chi connectivity index (χ0v) is 23.1. The van der Waals surface area contributed by atoms with Gasteiger partial charge >= 0.3 is 5.97 Å². The zero-order chi connectivity index (χ0) is 29.1. The largest absolute Gasteiger partial charge is 0.481 e. The fourth-order valence-corrected chi connectivity index (χ4v) is 4.63. The molecule has 0 saturated carbocycles. The second kappa shape index (κ2) is 14.2. The second-order valence-corrected chi connectivity index (χ2v) is 11.1. The van der Waals surface area contributed by atoms with Crippen LogP contribution in [0, 0.1) is 0 Å². The average molecular weight is 559 g/mol. The normalized spacial score (nSPS) is 12.0. The number of esters is 1. The number of aromatic amines is 1. The summed E-state index contributed by atoms with van der Waals surface area (Å²) in [6.07, 6.45) is 2.01. The third-order valence-electron chi connectivity index (χ3n) is 4.93. The molecule has 1 atom stereocenters. The van der Waals surface area contributed by atoms with E-state index in [1.54, 1.807) is 81.7 Å². The minimum atomic E-state index is -4.06. The number of ether oxygens (including phenoxy) is 1. The Morgan fingerprint density at radius 3 is 2.13 bits per heavy atom. The number of aromatic nitrogens is 2. The molecule has 12 heteroatoms. The van der Waals surface area contributed by atoms with Crippen LogP contribution in [0.15, 0.2) is 78.0 Å². The van der Waals surface area contributed by atoms with Crippen molar-refractivity contribution in [2.45, 2.75) is 57.2 Å². The highest BCUT2D eigenvalue weighted by Gasteiger charge is 2.32. The summed E-state index contributed by atoms with van der Waals surface area (Å²) in [6, 6.07) is 16.3. The number of nitrogens with zero attached hydrogens (tertiary/aromatic N) is 2. The maximum absolute atomic E-state index is 13.5. The Kier molecular flexibility index (Phi) is 11.4. The maximum Gasteiger partial charge on any atom is 0.309 e. The van der Waals surface area contributed by atoms with Crippen LogP contribution in [0.1, 0.15) is 50.3 Å². The van der Waals surface area contributed by atoms with E-state index < -0.39 is 39.6 Å². The number of hydrogen-bond acceptors (Lipinski definition) is 7. The fourth-order valence-electron chi connectivity index (χ4n) is 3.41. The van der Waals surface area contributed by atoms with Crippen molar-refractivity contribution in [2.75, 3.05) is 6.54 Å². The van der Waals surface area contributed by atoms with E-state index in [1.807, 2.05) is 0 Å². The second-order valence-electron chi connectivity index (χ2n) is 9.41. The van der Waals surface area contributed by atoms with E-state index in [1.165, 1.54) is 17.0 Å². The number of H-pyrrole nitrogens is 1. The van der Waals surface area contributed by atoms with Crippen molar-refractivity contribution in [2.24, 2.45) is 0 Å². The first-order valence-corrected chi connectivity index (χ1v) is 13.6. The Morgan fingerprint density at radius 2 is 1.62 bits per heavy atom. The number of imidazole rings is 1. The molecule has 39 heavy (non-hydrogen) atoms. The molecular formula is C27H34N4O7S. The molecule has 1 aromatic heterocycles. The van der Waals surface area contributed by atoms with Gasteiger partial charge in [-0.3, -0.25) is 14.4 Å². The smallest absolute Gasteiger partial charge is 0.309 e. The quantitative estimate of drug-likeness (QED) is 0.253. The number of carbonyl (C=O) groups is 3. The Morgan fingerprint density at radius 1 is 1.05 bits per heavy atom. The van der Waals surface area contributed by atoms with Crippen molar-refractivity contribution in [3.63, 3.8) is 0 Å². The summed E-state index contributed by atoms with van der Waals surface area (Å²) in [5.41, 5.74) is -0.414. The predicted octanol–water partition coefficient (Wildman–Crippen LogP) is 3.22. The molecule has 0 fully saturated rings. The van der Waals surface area contributed by atoms with Gasteiger partial charge in [0.2, 0.25) is 10.0 Å². The van der Waals surface area contributed by atoms with E-state index in [2.05, 4.69) is 14.7 Å². The molecule has 3 aromatic rings. The molecule has 0 spiro atoms. The average Bonchev–Trinajstić information content (AvgIpc) is 3.37. The SMILES string of the molecule is CC(=O)O.CC(C)(C)OC(=O)C[C@H](NS(=O)(=O)c1ccccc1)N(CCc1ncc[nH]1)C(=O)c1ccccc1. The predicted molar refractivity (Wildman–Crippen MR) is 144 cm³/mol. The lowest BCUT2D eigenvalue weighted by Crippen LogP contribution is -2.53. The monoisotopic (exact) mass is 558 g/mol. The van der Waals surface area contributed by atoms with Crippen LogP contribution in [-0.2, 0) is 30.8 Å². The van der Waals surface area contributed by atoms with Crippen LogP contribution < -0.4 is 4.72 Å². The first-order valence-electron chi connectivity index (χ1n) is 12.1. The van der Waals surface area contributed by atoms with Crippen LogP contribution in [0.25, 0.3) is 0 Å². The highest BCUT2D eigenvalue weighted by molar-refractivity contribution is 7.89. The summed E-state index contributed by atoms with van der Waals surface area (Å²) in [5, 5.41) is 7.42. The van der Waals surface area contributed by atoms with Gasteiger partial charge in [-0.2, -0.15) is 4.72 Å². The van der Waals surface area contributed by atoms with Gasteiger partial charge in [0.1, 0.15) is 17.6 Å². The van der Waals surface area contributed by atoms with E-state index in [0.717, 1.165) is 6.92 Å². The minimum absolute atomic E-state index is 0.0207. The van der Waals surface area contributed by atoms with Gasteiger partial charge in [-0.15, -0.1) is 0 Å². The molecule has 0 aliphatic rings. The first kappa shape index (κ1) is 31.2. The summed E-state index contributed by atoms with van der Waals surface area (Å²) in [6.45, 7) is 6.35. The molecule has 0 bridgehead atoms. The van der Waals surface area contributed by atoms with E-state index in [0.29, 0.717) is 17.8 Å². The number of amides is 1. The molecule has 0 saturated heterocycles.